The Balaban J connectivity index is 2.80. The van der Waals surface area contributed by atoms with Crippen LogP contribution < -0.4 is 10.5 Å². The van der Waals surface area contributed by atoms with Gasteiger partial charge in [-0.2, -0.15) is 0 Å². The van der Waals surface area contributed by atoms with Crippen LogP contribution in [0.4, 0.5) is 4.39 Å². The van der Waals surface area contributed by atoms with Crippen molar-refractivity contribution < 1.29 is 17.5 Å². The molecule has 5 nitrogen and oxygen atoms in total. The molecule has 0 fully saturated rings. The first kappa shape index (κ1) is 18.0. The molecule has 0 aliphatic carbocycles. The number of hydrogen-bond donors (Lipinski definition) is 2. The molecule has 0 amide bonds. The quantitative estimate of drug-likeness (QED) is 0.555. The Labute approximate surface area is 129 Å². The third-order valence-electron chi connectivity index (χ3n) is 2.50. The number of benzene rings is 1. The van der Waals surface area contributed by atoms with E-state index in [1.54, 1.807) is 0 Å². The third kappa shape index (κ3) is 5.31. The van der Waals surface area contributed by atoms with Crippen LogP contribution in [0.15, 0.2) is 23.1 Å². The second kappa shape index (κ2) is 7.79. The highest BCUT2D eigenvalue weighted by Gasteiger charge is 2.22. The summed E-state index contributed by atoms with van der Waals surface area (Å²) in [6.45, 7) is 4.84. The largest absolute Gasteiger partial charge is 0.389 e. The van der Waals surface area contributed by atoms with E-state index in [0.29, 0.717) is 12.5 Å². The van der Waals surface area contributed by atoms with Gasteiger partial charge in [0.05, 0.1) is 17.1 Å². The molecule has 0 aliphatic heterocycles. The van der Waals surface area contributed by atoms with Crippen LogP contribution in [0, 0.1) is 11.7 Å². The lowest BCUT2D eigenvalue weighted by atomic mass is 10.2. The van der Waals surface area contributed by atoms with E-state index in [9.17, 15) is 12.8 Å². The van der Waals surface area contributed by atoms with Gasteiger partial charge < -0.3 is 10.5 Å². The Morgan fingerprint density at radius 1 is 1.48 bits per heavy atom. The van der Waals surface area contributed by atoms with Gasteiger partial charge in [0.2, 0.25) is 10.0 Å². The fourth-order valence-electron chi connectivity index (χ4n) is 1.61. The lowest BCUT2D eigenvalue weighted by molar-refractivity contribution is 0.114. The summed E-state index contributed by atoms with van der Waals surface area (Å²) in [6.07, 6.45) is 0. The minimum atomic E-state index is -3.90. The lowest BCUT2D eigenvalue weighted by Gasteiger charge is -2.12. The average Bonchev–Trinajstić information content (AvgIpc) is 2.37. The molecule has 0 heterocycles. The van der Waals surface area contributed by atoms with Gasteiger partial charge >= 0.3 is 0 Å². The Kier molecular flexibility index (Phi) is 6.66. The van der Waals surface area contributed by atoms with E-state index in [2.05, 4.69) is 4.72 Å². The summed E-state index contributed by atoms with van der Waals surface area (Å²) >= 11 is 4.71. The van der Waals surface area contributed by atoms with Crippen molar-refractivity contribution in [3.05, 3.63) is 29.6 Å². The maximum absolute atomic E-state index is 13.7. The number of thiocarbonyl (C=S) groups is 1. The zero-order valence-electron chi connectivity index (χ0n) is 11.9. The molecule has 0 radical (unpaired) electrons. The summed E-state index contributed by atoms with van der Waals surface area (Å²) in [5.41, 5.74) is 5.12. The minimum Gasteiger partial charge on any atom is -0.389 e. The van der Waals surface area contributed by atoms with Crippen molar-refractivity contribution in [3.63, 3.8) is 0 Å². The second-order valence-corrected chi connectivity index (χ2v) is 7.02. The summed E-state index contributed by atoms with van der Waals surface area (Å²) in [5.74, 6) is -0.396. The van der Waals surface area contributed by atoms with E-state index in [0.717, 1.165) is 6.07 Å². The van der Waals surface area contributed by atoms with Crippen molar-refractivity contribution >= 4 is 27.2 Å². The van der Waals surface area contributed by atoms with E-state index >= 15 is 0 Å². The van der Waals surface area contributed by atoms with Gasteiger partial charge in [-0.05, 0) is 18.1 Å². The topological polar surface area (TPSA) is 81.4 Å². The molecule has 0 aliphatic rings. The van der Waals surface area contributed by atoms with Gasteiger partial charge in [0.15, 0.2) is 0 Å². The van der Waals surface area contributed by atoms with E-state index in [1.165, 1.54) is 12.1 Å². The molecule has 0 bridgehead atoms. The summed E-state index contributed by atoms with van der Waals surface area (Å²) < 4.78 is 45.6. The van der Waals surface area contributed by atoms with Gasteiger partial charge in [-0.15, -0.1) is 0 Å². The van der Waals surface area contributed by atoms with E-state index in [4.69, 9.17) is 22.7 Å². The summed E-state index contributed by atoms with van der Waals surface area (Å²) in [4.78, 5) is -0.566. The maximum Gasteiger partial charge on any atom is 0.241 e. The van der Waals surface area contributed by atoms with Crippen molar-refractivity contribution in [3.8, 4) is 0 Å². The highest BCUT2D eigenvalue weighted by atomic mass is 32.2. The van der Waals surface area contributed by atoms with Gasteiger partial charge in [-0.1, -0.05) is 32.1 Å². The minimum absolute atomic E-state index is 0.0857. The number of hydrogen-bond acceptors (Lipinski definition) is 4. The molecule has 0 atom stereocenters. The third-order valence-corrected chi connectivity index (χ3v) is 4.21. The standard InChI is InChI=1S/C13H19FN2O3S2/c1-9(2)8-19-7-6-16-21(17,18)11-5-3-4-10(14)12(11)13(15)20/h3-5,9,16H,6-8H2,1-2H3,(H2,15,20). The predicted octanol–water partition coefficient (Wildman–Crippen LogP) is 1.41. The van der Waals surface area contributed by atoms with E-state index in [-0.39, 0.29) is 28.6 Å². The first-order valence-electron chi connectivity index (χ1n) is 6.41. The first-order chi connectivity index (χ1) is 9.75. The van der Waals surface area contributed by atoms with E-state index < -0.39 is 15.8 Å². The highest BCUT2D eigenvalue weighted by Crippen LogP contribution is 2.18. The normalized spacial score (nSPS) is 11.8. The smallest absolute Gasteiger partial charge is 0.241 e. The molecule has 0 unspecified atom stereocenters. The predicted molar refractivity (Wildman–Crippen MR) is 83.1 cm³/mol. The molecule has 1 rings (SSSR count). The molecule has 118 valence electrons. The molecule has 1 aromatic carbocycles. The van der Waals surface area contributed by atoms with Gasteiger partial charge in [-0.3, -0.25) is 0 Å². The Morgan fingerprint density at radius 2 is 2.14 bits per heavy atom. The zero-order valence-corrected chi connectivity index (χ0v) is 13.6. The number of rotatable bonds is 8. The number of nitrogens with one attached hydrogen (secondary N) is 1. The van der Waals surface area contributed by atoms with E-state index in [1.807, 2.05) is 13.8 Å². The molecular weight excluding hydrogens is 315 g/mol. The number of ether oxygens (including phenoxy) is 1. The maximum atomic E-state index is 13.7. The van der Waals surface area contributed by atoms with Crippen molar-refractivity contribution in [2.75, 3.05) is 19.8 Å². The van der Waals surface area contributed by atoms with Crippen LogP contribution >= 0.6 is 12.2 Å². The van der Waals surface area contributed by atoms with Crippen LogP contribution in [-0.2, 0) is 14.8 Å². The number of nitrogens with two attached hydrogens (primary N) is 1. The molecule has 1 aromatic rings. The number of halogens is 1. The van der Waals surface area contributed by atoms with Gasteiger partial charge in [0.25, 0.3) is 0 Å². The van der Waals surface area contributed by atoms with Crippen LogP contribution in [0.5, 0.6) is 0 Å². The van der Waals surface area contributed by atoms with Gasteiger partial charge in [0, 0.05) is 13.2 Å². The molecule has 3 N–H and O–H groups in total. The molecule has 0 saturated heterocycles. The van der Waals surface area contributed by atoms with Crippen molar-refractivity contribution in [1.29, 1.82) is 0 Å². The molecule has 0 saturated carbocycles. The zero-order chi connectivity index (χ0) is 16.0. The molecule has 8 heteroatoms. The van der Waals surface area contributed by atoms with Gasteiger partial charge in [0.1, 0.15) is 10.8 Å². The summed E-state index contributed by atoms with van der Waals surface area (Å²) in [5, 5.41) is 0. The Bertz CT molecular complexity index is 603. The summed E-state index contributed by atoms with van der Waals surface area (Å²) in [6, 6.07) is 3.66. The van der Waals surface area contributed by atoms with Crippen molar-refractivity contribution in [1.82, 2.24) is 4.72 Å². The van der Waals surface area contributed by atoms with Crippen LogP contribution in [0.1, 0.15) is 19.4 Å². The van der Waals surface area contributed by atoms with Crippen molar-refractivity contribution in [2.24, 2.45) is 11.7 Å². The highest BCUT2D eigenvalue weighted by molar-refractivity contribution is 7.89. The Morgan fingerprint density at radius 3 is 2.71 bits per heavy atom. The molecule has 21 heavy (non-hydrogen) atoms. The monoisotopic (exact) mass is 334 g/mol. The average molecular weight is 334 g/mol. The summed E-state index contributed by atoms with van der Waals surface area (Å²) in [7, 11) is -3.90. The second-order valence-electron chi connectivity index (χ2n) is 4.84. The van der Waals surface area contributed by atoms with Gasteiger partial charge in [-0.25, -0.2) is 17.5 Å². The van der Waals surface area contributed by atoms with Crippen LogP contribution in [0.2, 0.25) is 0 Å². The fourth-order valence-corrected chi connectivity index (χ4v) is 3.13. The lowest BCUT2D eigenvalue weighted by Crippen LogP contribution is -2.30. The SMILES string of the molecule is CC(C)COCCNS(=O)(=O)c1cccc(F)c1C(N)=S. The van der Waals surface area contributed by atoms with Crippen LogP contribution in [0.3, 0.4) is 0 Å². The first-order valence-corrected chi connectivity index (χ1v) is 8.30. The van der Waals surface area contributed by atoms with Crippen LogP contribution in [-0.4, -0.2) is 33.2 Å². The fraction of sp³-hybridized carbons (Fsp3) is 0.462. The number of sulfonamides is 1. The molecule has 0 aromatic heterocycles. The Hall–Kier alpha value is -1.09. The van der Waals surface area contributed by atoms with Crippen molar-refractivity contribution in [2.45, 2.75) is 18.7 Å². The molecular formula is C13H19FN2O3S2. The molecule has 0 spiro atoms. The van der Waals surface area contributed by atoms with Crippen LogP contribution in [0.25, 0.3) is 0 Å².